The fraction of sp³-hybridized carbons (Fsp3) is 0.368. The van der Waals surface area contributed by atoms with Crippen molar-refractivity contribution in [3.63, 3.8) is 0 Å². The smallest absolute Gasteiger partial charge is 0.260 e. The number of benzene rings is 1. The number of carbonyl (C=O) groups is 1. The van der Waals surface area contributed by atoms with Gasteiger partial charge in [-0.05, 0) is 30.5 Å². The van der Waals surface area contributed by atoms with Crippen LogP contribution in [0, 0.1) is 5.92 Å². The summed E-state index contributed by atoms with van der Waals surface area (Å²) in [5.41, 5.74) is 1.12. The first-order valence-corrected chi connectivity index (χ1v) is 8.36. The van der Waals surface area contributed by atoms with E-state index < -0.39 is 0 Å². The molecule has 1 aromatic carbocycles. The molecule has 5 heteroatoms. The quantitative estimate of drug-likeness (QED) is 0.866. The number of para-hydroxylation sites is 1. The van der Waals surface area contributed by atoms with Crippen molar-refractivity contribution in [2.45, 2.75) is 18.9 Å². The van der Waals surface area contributed by atoms with Crippen molar-refractivity contribution in [3.05, 3.63) is 64.6 Å². The molecule has 124 valence electrons. The molecular weight excluding hydrogens is 304 g/mol. The van der Waals surface area contributed by atoms with Crippen molar-refractivity contribution in [3.8, 4) is 5.75 Å². The van der Waals surface area contributed by atoms with E-state index >= 15 is 0 Å². The highest BCUT2D eigenvalue weighted by Gasteiger charge is 2.36. The van der Waals surface area contributed by atoms with Crippen LogP contribution in [0.2, 0.25) is 0 Å². The normalized spacial score (nSPS) is 21.9. The molecule has 1 fully saturated rings. The molecule has 0 saturated carbocycles. The van der Waals surface area contributed by atoms with Gasteiger partial charge in [0.25, 0.3) is 11.5 Å². The maximum absolute atomic E-state index is 12.5. The Morgan fingerprint density at radius 2 is 1.88 bits per heavy atom. The lowest BCUT2D eigenvalue weighted by atomic mass is 9.83. The van der Waals surface area contributed by atoms with Crippen LogP contribution in [0.4, 0.5) is 0 Å². The number of amides is 1. The zero-order valence-electron chi connectivity index (χ0n) is 13.4. The van der Waals surface area contributed by atoms with E-state index in [0.717, 1.165) is 12.1 Å². The van der Waals surface area contributed by atoms with E-state index in [-0.39, 0.29) is 24.0 Å². The molecule has 2 bridgehead atoms. The third kappa shape index (κ3) is 2.82. The fourth-order valence-corrected chi connectivity index (χ4v) is 3.85. The van der Waals surface area contributed by atoms with Crippen molar-refractivity contribution in [2.24, 2.45) is 5.92 Å². The van der Waals surface area contributed by atoms with Gasteiger partial charge in [0.15, 0.2) is 6.61 Å². The van der Waals surface area contributed by atoms with Gasteiger partial charge in [-0.1, -0.05) is 24.3 Å². The highest BCUT2D eigenvalue weighted by Crippen LogP contribution is 2.34. The first-order chi connectivity index (χ1) is 11.7. The van der Waals surface area contributed by atoms with E-state index in [9.17, 15) is 9.59 Å². The van der Waals surface area contributed by atoms with Crippen molar-refractivity contribution in [1.29, 1.82) is 0 Å². The number of ether oxygens (including phenoxy) is 1. The minimum absolute atomic E-state index is 0.0141. The van der Waals surface area contributed by atoms with Gasteiger partial charge in [-0.3, -0.25) is 9.59 Å². The van der Waals surface area contributed by atoms with E-state index in [1.54, 1.807) is 6.07 Å². The number of piperidine rings is 1. The summed E-state index contributed by atoms with van der Waals surface area (Å²) in [6.45, 7) is 2.13. The third-order valence-corrected chi connectivity index (χ3v) is 4.94. The molecule has 2 atom stereocenters. The molecule has 1 aromatic heterocycles. The Balaban J connectivity index is 1.46. The molecule has 4 rings (SSSR count). The van der Waals surface area contributed by atoms with Crippen molar-refractivity contribution in [1.82, 2.24) is 9.47 Å². The Hall–Kier alpha value is -2.56. The first kappa shape index (κ1) is 15.0. The summed E-state index contributed by atoms with van der Waals surface area (Å²) < 4.78 is 7.46. The van der Waals surface area contributed by atoms with Gasteiger partial charge >= 0.3 is 0 Å². The lowest BCUT2D eigenvalue weighted by Crippen LogP contribution is -2.50. The Morgan fingerprint density at radius 3 is 2.71 bits per heavy atom. The lowest BCUT2D eigenvalue weighted by molar-refractivity contribution is -0.136. The number of fused-ring (bicyclic) bond motifs is 4. The molecule has 0 unspecified atom stereocenters. The van der Waals surface area contributed by atoms with Crippen molar-refractivity contribution >= 4 is 5.91 Å². The van der Waals surface area contributed by atoms with Crippen LogP contribution in [0.3, 0.4) is 0 Å². The molecule has 0 radical (unpaired) electrons. The van der Waals surface area contributed by atoms with Gasteiger partial charge in [-0.25, -0.2) is 0 Å². The Bertz CT molecular complexity index is 800. The number of pyridine rings is 1. The Morgan fingerprint density at radius 1 is 1.04 bits per heavy atom. The topological polar surface area (TPSA) is 51.5 Å². The average molecular weight is 324 g/mol. The Labute approximate surface area is 140 Å². The summed E-state index contributed by atoms with van der Waals surface area (Å²) in [6, 6.07) is 14.8. The second-order valence-electron chi connectivity index (χ2n) is 6.60. The number of hydrogen-bond acceptors (Lipinski definition) is 3. The molecule has 2 aromatic rings. The van der Waals surface area contributed by atoms with Gasteiger partial charge in [0, 0.05) is 37.3 Å². The van der Waals surface area contributed by atoms with Crippen molar-refractivity contribution < 1.29 is 9.53 Å². The SMILES string of the molecule is O=C(COc1ccccc1)N1C[C@H]2C[C@H](C1)c1cccc(=O)n1C2. The molecule has 2 aliphatic rings. The summed E-state index contributed by atoms with van der Waals surface area (Å²) in [6.07, 6.45) is 1.05. The average Bonchev–Trinajstić information content (AvgIpc) is 2.61. The minimum atomic E-state index is 0.0141. The van der Waals surface area contributed by atoms with Crippen LogP contribution in [0.1, 0.15) is 18.0 Å². The van der Waals surface area contributed by atoms with Gasteiger partial charge in [0.1, 0.15) is 5.75 Å². The molecule has 24 heavy (non-hydrogen) atoms. The zero-order chi connectivity index (χ0) is 16.5. The minimum Gasteiger partial charge on any atom is -0.484 e. The molecular formula is C19H20N2O3. The zero-order valence-corrected chi connectivity index (χ0v) is 13.4. The molecule has 0 N–H and O–H groups in total. The second kappa shape index (κ2) is 6.15. The standard InChI is InChI=1S/C19H20N2O3/c22-18-8-4-7-17-15-9-14(11-21(17)18)10-20(12-15)19(23)13-24-16-5-2-1-3-6-16/h1-8,14-15H,9-13H2/t14-,15-/m1/s1. The summed E-state index contributed by atoms with van der Waals surface area (Å²) in [7, 11) is 0. The van der Waals surface area contributed by atoms with Crippen LogP contribution in [0.15, 0.2) is 53.3 Å². The molecule has 3 heterocycles. The first-order valence-electron chi connectivity index (χ1n) is 8.36. The van der Waals surface area contributed by atoms with Gasteiger partial charge in [0.05, 0.1) is 0 Å². The van der Waals surface area contributed by atoms with Crippen LogP contribution < -0.4 is 10.3 Å². The van der Waals surface area contributed by atoms with E-state index in [2.05, 4.69) is 0 Å². The summed E-state index contributed by atoms with van der Waals surface area (Å²) in [5, 5.41) is 0. The number of aromatic nitrogens is 1. The molecule has 0 aliphatic carbocycles. The largest absolute Gasteiger partial charge is 0.484 e. The highest BCUT2D eigenvalue weighted by atomic mass is 16.5. The van der Waals surface area contributed by atoms with Gasteiger partial charge < -0.3 is 14.2 Å². The summed E-state index contributed by atoms with van der Waals surface area (Å²) >= 11 is 0. The predicted molar refractivity (Wildman–Crippen MR) is 90.1 cm³/mol. The van der Waals surface area contributed by atoms with Gasteiger partial charge in [-0.2, -0.15) is 0 Å². The maximum atomic E-state index is 12.5. The molecule has 2 aliphatic heterocycles. The molecule has 1 saturated heterocycles. The number of carbonyl (C=O) groups excluding carboxylic acids is 1. The predicted octanol–water partition coefficient (Wildman–Crippen LogP) is 1.87. The highest BCUT2D eigenvalue weighted by molar-refractivity contribution is 5.78. The summed E-state index contributed by atoms with van der Waals surface area (Å²) in [5.74, 6) is 1.31. The van der Waals surface area contributed by atoms with Crippen LogP contribution >= 0.6 is 0 Å². The fourth-order valence-electron chi connectivity index (χ4n) is 3.85. The summed E-state index contributed by atoms with van der Waals surface area (Å²) in [4.78, 5) is 26.4. The number of hydrogen-bond donors (Lipinski definition) is 0. The van der Waals surface area contributed by atoms with Crippen LogP contribution in [-0.4, -0.2) is 35.1 Å². The van der Waals surface area contributed by atoms with E-state index in [1.165, 1.54) is 0 Å². The lowest BCUT2D eigenvalue weighted by Gasteiger charge is -2.42. The third-order valence-electron chi connectivity index (χ3n) is 4.94. The molecule has 0 spiro atoms. The van der Waals surface area contributed by atoms with Crippen LogP contribution in [0.25, 0.3) is 0 Å². The van der Waals surface area contributed by atoms with Gasteiger partial charge in [0.2, 0.25) is 0 Å². The van der Waals surface area contributed by atoms with Crippen LogP contribution in [-0.2, 0) is 11.3 Å². The second-order valence-corrected chi connectivity index (χ2v) is 6.60. The van der Waals surface area contributed by atoms with Crippen molar-refractivity contribution in [2.75, 3.05) is 19.7 Å². The number of likely N-dealkylation sites (tertiary alicyclic amines) is 1. The molecule has 5 nitrogen and oxygen atoms in total. The van der Waals surface area contributed by atoms with Crippen LogP contribution in [0.5, 0.6) is 5.75 Å². The van der Waals surface area contributed by atoms with Gasteiger partial charge in [-0.15, -0.1) is 0 Å². The number of rotatable bonds is 3. The number of nitrogens with zero attached hydrogens (tertiary/aromatic N) is 2. The van der Waals surface area contributed by atoms with E-state index in [0.29, 0.717) is 31.3 Å². The maximum Gasteiger partial charge on any atom is 0.260 e. The van der Waals surface area contributed by atoms with E-state index in [1.807, 2.05) is 51.9 Å². The van der Waals surface area contributed by atoms with E-state index in [4.69, 9.17) is 4.74 Å². The monoisotopic (exact) mass is 324 g/mol. The molecule has 1 amide bonds. The Kier molecular flexibility index (Phi) is 3.84.